The quantitative estimate of drug-likeness (QED) is 0.749. The molecule has 0 aromatic heterocycles. The van der Waals surface area contributed by atoms with Crippen LogP contribution < -0.4 is 0 Å². The predicted molar refractivity (Wildman–Crippen MR) is 93.3 cm³/mol. The second-order valence-corrected chi connectivity index (χ2v) is 7.59. The van der Waals surface area contributed by atoms with E-state index < -0.39 is 0 Å². The van der Waals surface area contributed by atoms with E-state index in [0.717, 1.165) is 0 Å². The first kappa shape index (κ1) is 16.2. The zero-order chi connectivity index (χ0) is 16.6. The molecule has 23 heavy (non-hydrogen) atoms. The molecule has 0 saturated carbocycles. The molecule has 0 spiro atoms. The second-order valence-electron chi connectivity index (χ2n) is 7.59. The van der Waals surface area contributed by atoms with E-state index in [-0.39, 0.29) is 16.2 Å². The SMILES string of the molecule is CC(C)(c1ccccc1)C1(C(C)(C)c2ccccc2)COOC1. The number of rotatable bonds is 4. The summed E-state index contributed by atoms with van der Waals surface area (Å²) < 4.78 is 0. The molecule has 2 heteroatoms. The second kappa shape index (κ2) is 5.77. The van der Waals surface area contributed by atoms with Gasteiger partial charge in [0.05, 0.1) is 13.2 Å². The van der Waals surface area contributed by atoms with Crippen LogP contribution in [0.3, 0.4) is 0 Å². The molecule has 0 bridgehead atoms. The highest BCUT2D eigenvalue weighted by Gasteiger charge is 2.59. The molecule has 0 N–H and O–H groups in total. The van der Waals surface area contributed by atoms with E-state index in [2.05, 4.69) is 88.4 Å². The summed E-state index contributed by atoms with van der Waals surface area (Å²) in [6, 6.07) is 21.4. The summed E-state index contributed by atoms with van der Waals surface area (Å²) in [4.78, 5) is 11.0. The van der Waals surface area contributed by atoms with Gasteiger partial charge in [0.1, 0.15) is 0 Å². The summed E-state index contributed by atoms with van der Waals surface area (Å²) in [5, 5.41) is 0. The molecule has 1 aliphatic heterocycles. The molecule has 2 nitrogen and oxygen atoms in total. The Balaban J connectivity index is 2.14. The normalized spacial score (nSPS) is 18.1. The molecule has 0 atom stereocenters. The molecule has 0 amide bonds. The number of hydrogen-bond acceptors (Lipinski definition) is 2. The van der Waals surface area contributed by atoms with Gasteiger partial charge in [-0.25, -0.2) is 9.78 Å². The summed E-state index contributed by atoms with van der Waals surface area (Å²) in [7, 11) is 0. The summed E-state index contributed by atoms with van der Waals surface area (Å²) in [6.07, 6.45) is 0. The smallest absolute Gasteiger partial charge is 0.0918 e. The highest BCUT2D eigenvalue weighted by atomic mass is 17.2. The van der Waals surface area contributed by atoms with Gasteiger partial charge in [0.2, 0.25) is 0 Å². The standard InChI is InChI=1S/C21H26O2/c1-19(2,17-11-7-5-8-12-17)21(15-22-23-16-21)20(3,4)18-13-9-6-10-14-18/h5-14H,15-16H2,1-4H3. The van der Waals surface area contributed by atoms with Crippen molar-refractivity contribution in [1.82, 2.24) is 0 Å². The first-order valence-corrected chi connectivity index (χ1v) is 8.27. The summed E-state index contributed by atoms with van der Waals surface area (Å²) in [5.74, 6) is 0. The van der Waals surface area contributed by atoms with Crippen LogP contribution in [-0.2, 0) is 20.6 Å². The zero-order valence-corrected chi connectivity index (χ0v) is 14.5. The fraction of sp³-hybridized carbons (Fsp3) is 0.429. The van der Waals surface area contributed by atoms with Gasteiger partial charge in [-0.1, -0.05) is 88.4 Å². The van der Waals surface area contributed by atoms with Gasteiger partial charge in [0.15, 0.2) is 0 Å². The van der Waals surface area contributed by atoms with Gasteiger partial charge in [0, 0.05) is 16.2 Å². The van der Waals surface area contributed by atoms with Gasteiger partial charge in [-0.2, -0.15) is 0 Å². The summed E-state index contributed by atoms with van der Waals surface area (Å²) in [6.45, 7) is 10.4. The molecule has 122 valence electrons. The molecule has 0 aliphatic carbocycles. The Labute approximate surface area is 139 Å². The Morgan fingerprint density at radius 3 is 1.35 bits per heavy atom. The third kappa shape index (κ3) is 2.41. The fourth-order valence-corrected chi connectivity index (χ4v) is 4.09. The first-order chi connectivity index (χ1) is 10.9. The lowest BCUT2D eigenvalue weighted by atomic mass is 9.50. The van der Waals surface area contributed by atoms with E-state index in [1.54, 1.807) is 0 Å². The maximum Gasteiger partial charge on any atom is 0.0918 e. The minimum atomic E-state index is -0.150. The fourth-order valence-electron chi connectivity index (χ4n) is 4.09. The third-order valence-corrected chi connectivity index (χ3v) is 6.08. The van der Waals surface area contributed by atoms with Crippen molar-refractivity contribution in [3.05, 3.63) is 71.8 Å². The van der Waals surface area contributed by atoms with Gasteiger partial charge >= 0.3 is 0 Å². The van der Waals surface area contributed by atoms with Crippen molar-refractivity contribution in [2.45, 2.75) is 38.5 Å². The van der Waals surface area contributed by atoms with E-state index in [4.69, 9.17) is 9.78 Å². The van der Waals surface area contributed by atoms with E-state index in [1.165, 1.54) is 11.1 Å². The predicted octanol–water partition coefficient (Wildman–Crippen LogP) is 4.89. The average Bonchev–Trinajstić information content (AvgIpc) is 3.09. The highest BCUT2D eigenvalue weighted by Crippen LogP contribution is 2.56. The maximum atomic E-state index is 5.48. The van der Waals surface area contributed by atoms with Crippen LogP contribution in [0.15, 0.2) is 60.7 Å². The van der Waals surface area contributed by atoms with E-state index >= 15 is 0 Å². The highest BCUT2D eigenvalue weighted by molar-refractivity contribution is 5.35. The van der Waals surface area contributed by atoms with Crippen LogP contribution in [0.4, 0.5) is 0 Å². The molecule has 0 radical (unpaired) electrons. The van der Waals surface area contributed by atoms with Crippen LogP contribution in [-0.4, -0.2) is 13.2 Å². The topological polar surface area (TPSA) is 18.5 Å². The summed E-state index contributed by atoms with van der Waals surface area (Å²) >= 11 is 0. The molecule has 1 fully saturated rings. The lowest BCUT2D eigenvalue weighted by Crippen LogP contribution is -2.56. The summed E-state index contributed by atoms with van der Waals surface area (Å²) in [5.41, 5.74) is 2.30. The van der Waals surface area contributed by atoms with Gasteiger partial charge in [0.25, 0.3) is 0 Å². The molecule has 3 rings (SSSR count). The molecule has 1 aliphatic rings. The Kier molecular flexibility index (Phi) is 4.07. The van der Waals surface area contributed by atoms with Crippen molar-refractivity contribution < 1.29 is 9.78 Å². The third-order valence-electron chi connectivity index (χ3n) is 6.08. The van der Waals surface area contributed by atoms with Crippen LogP contribution in [0, 0.1) is 5.41 Å². The lowest BCUT2D eigenvalue weighted by Gasteiger charge is -2.52. The van der Waals surface area contributed by atoms with Crippen molar-refractivity contribution in [2.75, 3.05) is 13.2 Å². The van der Waals surface area contributed by atoms with Crippen molar-refractivity contribution in [1.29, 1.82) is 0 Å². The minimum Gasteiger partial charge on any atom is -0.236 e. The van der Waals surface area contributed by atoms with Crippen LogP contribution >= 0.6 is 0 Å². The molecule has 2 aromatic carbocycles. The van der Waals surface area contributed by atoms with Crippen LogP contribution in [0.25, 0.3) is 0 Å². The van der Waals surface area contributed by atoms with E-state index in [1.807, 2.05) is 0 Å². The number of benzene rings is 2. The largest absolute Gasteiger partial charge is 0.236 e. The van der Waals surface area contributed by atoms with Crippen LogP contribution in [0.5, 0.6) is 0 Å². The molecule has 0 unspecified atom stereocenters. The molecular weight excluding hydrogens is 284 g/mol. The molecule has 1 saturated heterocycles. The number of hydrogen-bond donors (Lipinski definition) is 0. The Morgan fingerprint density at radius 2 is 1.00 bits per heavy atom. The van der Waals surface area contributed by atoms with Crippen LogP contribution in [0.1, 0.15) is 38.8 Å². The van der Waals surface area contributed by atoms with Crippen molar-refractivity contribution in [3.8, 4) is 0 Å². The Hall–Kier alpha value is -1.64. The van der Waals surface area contributed by atoms with Crippen LogP contribution in [0.2, 0.25) is 0 Å². The Bertz CT molecular complexity index is 585. The monoisotopic (exact) mass is 310 g/mol. The lowest BCUT2D eigenvalue weighted by molar-refractivity contribution is -0.248. The zero-order valence-electron chi connectivity index (χ0n) is 14.5. The van der Waals surface area contributed by atoms with Gasteiger partial charge in [-0.15, -0.1) is 0 Å². The molecule has 1 heterocycles. The van der Waals surface area contributed by atoms with Crippen molar-refractivity contribution in [3.63, 3.8) is 0 Å². The minimum absolute atomic E-state index is 0.0932. The van der Waals surface area contributed by atoms with Gasteiger partial charge in [-0.05, 0) is 11.1 Å². The van der Waals surface area contributed by atoms with Crippen molar-refractivity contribution in [2.24, 2.45) is 5.41 Å². The van der Waals surface area contributed by atoms with Gasteiger partial charge < -0.3 is 0 Å². The Morgan fingerprint density at radius 1 is 0.652 bits per heavy atom. The average molecular weight is 310 g/mol. The molecule has 2 aromatic rings. The van der Waals surface area contributed by atoms with Crippen molar-refractivity contribution >= 4 is 0 Å². The van der Waals surface area contributed by atoms with E-state index in [9.17, 15) is 0 Å². The molecular formula is C21H26O2. The first-order valence-electron chi connectivity index (χ1n) is 8.27. The van der Waals surface area contributed by atoms with E-state index in [0.29, 0.717) is 13.2 Å². The van der Waals surface area contributed by atoms with Gasteiger partial charge in [-0.3, -0.25) is 0 Å². The maximum absolute atomic E-state index is 5.48.